The van der Waals surface area contributed by atoms with Crippen molar-refractivity contribution in [3.8, 4) is 0 Å². The van der Waals surface area contributed by atoms with Gasteiger partial charge >= 0.3 is 0 Å². The number of hydrogen-bond donors (Lipinski definition) is 1. The zero-order valence-electron chi connectivity index (χ0n) is 11.5. The van der Waals surface area contributed by atoms with Crippen LogP contribution in [0.15, 0.2) is 18.3 Å². The van der Waals surface area contributed by atoms with Crippen LogP contribution in [0, 0.1) is 11.8 Å². The van der Waals surface area contributed by atoms with E-state index in [1.807, 2.05) is 11.0 Å². The predicted octanol–water partition coefficient (Wildman–Crippen LogP) is 0.191. The van der Waals surface area contributed by atoms with Crippen LogP contribution in [0.1, 0.15) is 10.5 Å². The van der Waals surface area contributed by atoms with Crippen molar-refractivity contribution in [1.29, 1.82) is 0 Å². The van der Waals surface area contributed by atoms with Gasteiger partial charge < -0.3 is 19.5 Å². The topological polar surface area (TPSA) is 65.6 Å². The third-order valence-electron chi connectivity index (χ3n) is 4.21. The number of H-pyrrole nitrogens is 1. The average Bonchev–Trinajstić information content (AvgIpc) is 3.14. The lowest BCUT2D eigenvalue weighted by Gasteiger charge is -2.21. The van der Waals surface area contributed by atoms with Gasteiger partial charge in [-0.2, -0.15) is 0 Å². The second-order valence-corrected chi connectivity index (χ2v) is 5.44. The van der Waals surface area contributed by atoms with E-state index in [0.717, 1.165) is 6.54 Å². The number of likely N-dealkylation sites (tertiary alicyclic amines) is 2. The fourth-order valence-electron chi connectivity index (χ4n) is 3.15. The molecule has 1 aromatic rings. The second-order valence-electron chi connectivity index (χ2n) is 5.44. The van der Waals surface area contributed by atoms with E-state index in [9.17, 15) is 9.59 Å². The zero-order valence-corrected chi connectivity index (χ0v) is 11.5. The van der Waals surface area contributed by atoms with Crippen LogP contribution in [0.25, 0.3) is 0 Å². The molecule has 0 aliphatic carbocycles. The first-order valence-corrected chi connectivity index (χ1v) is 6.91. The van der Waals surface area contributed by atoms with Crippen LogP contribution in [-0.2, 0) is 9.53 Å². The van der Waals surface area contributed by atoms with Gasteiger partial charge in [-0.15, -0.1) is 0 Å². The van der Waals surface area contributed by atoms with E-state index >= 15 is 0 Å². The van der Waals surface area contributed by atoms with Crippen molar-refractivity contribution in [2.45, 2.75) is 0 Å². The summed E-state index contributed by atoms with van der Waals surface area (Å²) in [5.41, 5.74) is 0.591. The fourth-order valence-corrected chi connectivity index (χ4v) is 3.15. The largest absolute Gasteiger partial charge is 0.383 e. The molecule has 108 valence electrons. The monoisotopic (exact) mass is 277 g/mol. The summed E-state index contributed by atoms with van der Waals surface area (Å²) >= 11 is 0. The van der Waals surface area contributed by atoms with E-state index in [-0.39, 0.29) is 23.7 Å². The number of ether oxygens (including phenoxy) is 1. The van der Waals surface area contributed by atoms with Crippen molar-refractivity contribution in [1.82, 2.24) is 14.8 Å². The summed E-state index contributed by atoms with van der Waals surface area (Å²) in [5, 5.41) is 0. The van der Waals surface area contributed by atoms with Crippen molar-refractivity contribution >= 4 is 11.8 Å². The number of amides is 2. The molecule has 0 bridgehead atoms. The standard InChI is InChI=1S/C14H19N3O3/c1-20-6-5-16-7-10-8-17(9-11(10)13(16)18)14(19)12-3-2-4-15-12/h2-4,10-11,15H,5-9H2,1H3/t10-,11+/m1/s1. The van der Waals surface area contributed by atoms with E-state index in [4.69, 9.17) is 4.74 Å². The summed E-state index contributed by atoms with van der Waals surface area (Å²) in [6, 6.07) is 3.57. The van der Waals surface area contributed by atoms with Gasteiger partial charge in [0.2, 0.25) is 5.91 Å². The molecule has 0 spiro atoms. The first-order valence-electron chi connectivity index (χ1n) is 6.91. The van der Waals surface area contributed by atoms with Gasteiger partial charge in [0.05, 0.1) is 12.5 Å². The number of nitrogens with one attached hydrogen (secondary N) is 1. The van der Waals surface area contributed by atoms with Gasteiger partial charge in [-0.1, -0.05) is 0 Å². The zero-order chi connectivity index (χ0) is 14.1. The maximum absolute atomic E-state index is 12.3. The highest BCUT2D eigenvalue weighted by Crippen LogP contribution is 2.32. The van der Waals surface area contributed by atoms with Gasteiger partial charge in [0.1, 0.15) is 5.69 Å². The van der Waals surface area contributed by atoms with Crippen LogP contribution < -0.4 is 0 Å². The molecule has 2 amide bonds. The summed E-state index contributed by atoms with van der Waals surface area (Å²) < 4.78 is 5.02. The van der Waals surface area contributed by atoms with Crippen LogP contribution in [-0.4, -0.2) is 66.5 Å². The predicted molar refractivity (Wildman–Crippen MR) is 72.1 cm³/mol. The highest BCUT2D eigenvalue weighted by atomic mass is 16.5. The van der Waals surface area contributed by atoms with Gasteiger partial charge in [-0.25, -0.2) is 0 Å². The molecule has 6 heteroatoms. The highest BCUT2D eigenvalue weighted by molar-refractivity contribution is 5.93. The van der Waals surface area contributed by atoms with E-state index in [1.165, 1.54) is 0 Å². The SMILES string of the molecule is COCCN1C[C@@H]2CN(C(=O)c3ccc[nH]3)C[C@@H]2C1=O. The molecule has 1 aromatic heterocycles. The molecule has 2 aliphatic rings. The summed E-state index contributed by atoms with van der Waals surface area (Å²) in [4.78, 5) is 31.1. The summed E-state index contributed by atoms with van der Waals surface area (Å²) in [7, 11) is 1.64. The molecule has 20 heavy (non-hydrogen) atoms. The molecule has 2 saturated heterocycles. The van der Waals surface area contributed by atoms with Crippen LogP contribution in [0.3, 0.4) is 0 Å². The maximum atomic E-state index is 12.3. The number of aromatic nitrogens is 1. The lowest BCUT2D eigenvalue weighted by molar-refractivity contribution is -0.131. The minimum Gasteiger partial charge on any atom is -0.383 e. The van der Waals surface area contributed by atoms with Gasteiger partial charge in [-0.3, -0.25) is 9.59 Å². The van der Waals surface area contributed by atoms with Gasteiger partial charge in [0.25, 0.3) is 5.91 Å². The Bertz CT molecular complexity index is 500. The number of rotatable bonds is 4. The molecular weight excluding hydrogens is 258 g/mol. The van der Waals surface area contributed by atoms with Crippen molar-refractivity contribution < 1.29 is 14.3 Å². The van der Waals surface area contributed by atoms with Gasteiger partial charge in [-0.05, 0) is 12.1 Å². The molecule has 3 heterocycles. The molecule has 3 rings (SSSR count). The minimum absolute atomic E-state index is 0.0133. The lowest BCUT2D eigenvalue weighted by atomic mass is 10.0. The Morgan fingerprint density at radius 2 is 2.30 bits per heavy atom. The molecule has 2 fully saturated rings. The van der Waals surface area contributed by atoms with Crippen LogP contribution in [0.4, 0.5) is 0 Å². The summed E-state index contributed by atoms with van der Waals surface area (Å²) in [6.07, 6.45) is 1.74. The third-order valence-corrected chi connectivity index (χ3v) is 4.21. The quantitative estimate of drug-likeness (QED) is 0.854. The molecule has 6 nitrogen and oxygen atoms in total. The molecule has 2 atom stereocenters. The van der Waals surface area contributed by atoms with E-state index in [0.29, 0.717) is 31.9 Å². The molecular formula is C14H19N3O3. The van der Waals surface area contributed by atoms with Crippen LogP contribution in [0.5, 0.6) is 0 Å². The van der Waals surface area contributed by atoms with Crippen molar-refractivity contribution in [2.75, 3.05) is 39.9 Å². The molecule has 2 aliphatic heterocycles. The number of aromatic amines is 1. The molecule has 0 radical (unpaired) electrons. The number of carbonyl (C=O) groups is 2. The number of nitrogens with zero attached hydrogens (tertiary/aromatic N) is 2. The van der Waals surface area contributed by atoms with Crippen molar-refractivity contribution in [2.24, 2.45) is 11.8 Å². The van der Waals surface area contributed by atoms with E-state index < -0.39 is 0 Å². The Kier molecular flexibility index (Phi) is 3.48. The number of carbonyl (C=O) groups excluding carboxylic acids is 2. The molecule has 0 aromatic carbocycles. The Morgan fingerprint density at radius 1 is 1.45 bits per heavy atom. The second kappa shape index (κ2) is 5.28. The Labute approximate surface area is 117 Å². The molecule has 1 N–H and O–H groups in total. The number of fused-ring (bicyclic) bond motifs is 1. The van der Waals surface area contributed by atoms with E-state index in [2.05, 4.69) is 4.98 Å². The van der Waals surface area contributed by atoms with Gasteiger partial charge in [0, 0.05) is 45.4 Å². The molecule has 0 saturated carbocycles. The number of hydrogen-bond acceptors (Lipinski definition) is 3. The molecule has 0 unspecified atom stereocenters. The Morgan fingerprint density at radius 3 is 2.95 bits per heavy atom. The highest BCUT2D eigenvalue weighted by Gasteiger charge is 2.47. The van der Waals surface area contributed by atoms with E-state index in [1.54, 1.807) is 24.3 Å². The van der Waals surface area contributed by atoms with Gasteiger partial charge in [0.15, 0.2) is 0 Å². The first-order chi connectivity index (χ1) is 9.70. The first kappa shape index (κ1) is 13.2. The summed E-state index contributed by atoms with van der Waals surface area (Å²) in [5.74, 6) is 0.374. The minimum atomic E-state index is -0.0363. The maximum Gasteiger partial charge on any atom is 0.270 e. The number of methoxy groups -OCH3 is 1. The lowest BCUT2D eigenvalue weighted by Crippen LogP contribution is -2.37. The Balaban J connectivity index is 1.62. The average molecular weight is 277 g/mol. The smallest absolute Gasteiger partial charge is 0.270 e. The summed E-state index contributed by atoms with van der Waals surface area (Å²) in [6.45, 7) is 3.15. The van der Waals surface area contributed by atoms with Crippen molar-refractivity contribution in [3.63, 3.8) is 0 Å². The van der Waals surface area contributed by atoms with Crippen LogP contribution >= 0.6 is 0 Å². The third kappa shape index (κ3) is 2.20. The fraction of sp³-hybridized carbons (Fsp3) is 0.571. The van der Waals surface area contributed by atoms with Crippen LogP contribution in [0.2, 0.25) is 0 Å². The Hall–Kier alpha value is -1.82. The van der Waals surface area contributed by atoms with Crippen molar-refractivity contribution in [3.05, 3.63) is 24.0 Å². The normalized spacial score (nSPS) is 25.4.